The summed E-state index contributed by atoms with van der Waals surface area (Å²) in [6.45, 7) is 22.9. The molecule has 3 aliphatic rings. The van der Waals surface area contributed by atoms with Gasteiger partial charge in [-0.15, -0.1) is 0 Å². The molecule has 3 aliphatic carbocycles. The lowest BCUT2D eigenvalue weighted by Gasteiger charge is -2.57. The van der Waals surface area contributed by atoms with Crippen molar-refractivity contribution < 1.29 is 14.3 Å². The lowest BCUT2D eigenvalue weighted by Crippen LogP contribution is -2.56. The van der Waals surface area contributed by atoms with Crippen LogP contribution in [0.3, 0.4) is 0 Å². The molecule has 4 unspecified atom stereocenters. The topological polar surface area (TPSA) is 38.7 Å². The van der Waals surface area contributed by atoms with Gasteiger partial charge < -0.3 is 14.3 Å². The molecular weight excluding hydrogens is 460 g/mol. The summed E-state index contributed by atoms with van der Waals surface area (Å²) in [4.78, 5) is 0. The molecular formula is C32H52O3Si. The summed E-state index contributed by atoms with van der Waals surface area (Å²) in [6.07, 6.45) is 10.8. The summed E-state index contributed by atoms with van der Waals surface area (Å²) in [6, 6.07) is 10.3. The second kappa shape index (κ2) is 11.3. The Morgan fingerprint density at radius 2 is 1.75 bits per heavy atom. The fourth-order valence-corrected chi connectivity index (χ4v) is 6.74. The van der Waals surface area contributed by atoms with Crippen LogP contribution in [0.1, 0.15) is 66.9 Å². The van der Waals surface area contributed by atoms with Gasteiger partial charge in [0.25, 0.3) is 0 Å². The van der Waals surface area contributed by atoms with Crippen LogP contribution >= 0.6 is 0 Å². The molecule has 202 valence electrons. The van der Waals surface area contributed by atoms with Gasteiger partial charge >= 0.3 is 0 Å². The Hall–Kier alpha value is -1.20. The van der Waals surface area contributed by atoms with Crippen LogP contribution in [0.2, 0.25) is 18.1 Å². The van der Waals surface area contributed by atoms with E-state index in [1.807, 2.05) is 18.2 Å². The van der Waals surface area contributed by atoms with Gasteiger partial charge in [0.05, 0.1) is 18.8 Å². The Morgan fingerprint density at radius 3 is 2.33 bits per heavy atom. The minimum absolute atomic E-state index is 0.221. The normalized spacial score (nSPS) is 30.3. The zero-order valence-corrected chi connectivity index (χ0v) is 25.4. The summed E-state index contributed by atoms with van der Waals surface area (Å²) >= 11 is 0. The van der Waals surface area contributed by atoms with Gasteiger partial charge in [-0.25, -0.2) is 0 Å². The van der Waals surface area contributed by atoms with Crippen LogP contribution in [-0.2, 0) is 15.8 Å². The number of aliphatic hydroxyl groups is 1. The van der Waals surface area contributed by atoms with Gasteiger partial charge in [0, 0.05) is 12.0 Å². The van der Waals surface area contributed by atoms with Crippen LogP contribution in [0.25, 0.3) is 0 Å². The minimum atomic E-state index is -1.79. The third-order valence-electron chi connectivity index (χ3n) is 9.50. The van der Waals surface area contributed by atoms with E-state index < -0.39 is 13.9 Å². The highest BCUT2D eigenvalue weighted by Crippen LogP contribution is 2.57. The highest BCUT2D eigenvalue weighted by molar-refractivity contribution is 6.74. The fraction of sp³-hybridized carbons (Fsp3) is 0.688. The smallest absolute Gasteiger partial charge is 0.191 e. The summed E-state index contributed by atoms with van der Waals surface area (Å²) in [5, 5.41) is 12.1. The third kappa shape index (κ3) is 6.62. The van der Waals surface area contributed by atoms with Crippen molar-refractivity contribution in [3.05, 3.63) is 60.2 Å². The third-order valence-corrected chi connectivity index (χ3v) is 14.0. The maximum Gasteiger partial charge on any atom is 0.191 e. The molecule has 2 bridgehead atoms. The summed E-state index contributed by atoms with van der Waals surface area (Å²) in [5.74, 6) is 2.25. The Labute approximate surface area is 222 Å². The molecule has 0 saturated heterocycles. The van der Waals surface area contributed by atoms with Crippen LogP contribution in [0.4, 0.5) is 0 Å². The van der Waals surface area contributed by atoms with Crippen molar-refractivity contribution in [1.29, 1.82) is 0 Å². The summed E-state index contributed by atoms with van der Waals surface area (Å²) in [5.41, 5.74) is 0.133. The van der Waals surface area contributed by atoms with Crippen LogP contribution in [0.5, 0.6) is 0 Å². The maximum absolute atomic E-state index is 11.9. The van der Waals surface area contributed by atoms with E-state index in [9.17, 15) is 5.11 Å². The standard InChI is InChI=1S/C32H52O3Si/c1-24(2)29(23-35-36(8,9)30(4,5)6)28-20-31(7)17-16-27(28)19-32(31,33)18-15-25(3)21-34-22-26-13-11-10-12-14-26/h10-18,24-25,27-29,33H,19-23H2,1-9H3/b18-15+/t25-,27?,28?,29+,31?,32?/m0/s1. The van der Waals surface area contributed by atoms with E-state index in [-0.39, 0.29) is 16.4 Å². The molecule has 4 heteroatoms. The molecule has 3 nitrogen and oxygen atoms in total. The van der Waals surface area contributed by atoms with Gasteiger partial charge in [0.15, 0.2) is 8.32 Å². The molecule has 0 radical (unpaired) electrons. The first kappa shape index (κ1) is 29.4. The molecule has 1 fully saturated rings. The Bertz CT molecular complexity index is 900. The quantitative estimate of drug-likeness (QED) is 0.241. The van der Waals surface area contributed by atoms with Crippen molar-refractivity contribution in [1.82, 2.24) is 0 Å². The minimum Gasteiger partial charge on any atom is -0.417 e. The fourth-order valence-electron chi connectivity index (χ4n) is 5.70. The van der Waals surface area contributed by atoms with E-state index in [0.29, 0.717) is 36.9 Å². The van der Waals surface area contributed by atoms with Crippen LogP contribution in [-0.4, -0.2) is 32.2 Å². The van der Waals surface area contributed by atoms with Crippen LogP contribution < -0.4 is 0 Å². The second-order valence-corrected chi connectivity index (χ2v) is 18.6. The molecule has 1 aromatic rings. The maximum atomic E-state index is 11.9. The number of allylic oxidation sites excluding steroid dienone is 1. The molecule has 1 N–H and O–H groups in total. The summed E-state index contributed by atoms with van der Waals surface area (Å²) in [7, 11) is -1.79. The molecule has 4 rings (SSSR count). The van der Waals surface area contributed by atoms with Gasteiger partial charge in [0.1, 0.15) is 0 Å². The van der Waals surface area contributed by atoms with E-state index >= 15 is 0 Å². The predicted molar refractivity (Wildman–Crippen MR) is 154 cm³/mol. The van der Waals surface area contributed by atoms with Crippen molar-refractivity contribution in [2.45, 2.75) is 91.6 Å². The number of benzene rings is 1. The van der Waals surface area contributed by atoms with Gasteiger partial charge in [-0.2, -0.15) is 0 Å². The number of rotatable bonds is 11. The zero-order valence-electron chi connectivity index (χ0n) is 24.4. The highest BCUT2D eigenvalue weighted by atomic mass is 28.4. The van der Waals surface area contributed by atoms with Crippen LogP contribution in [0.15, 0.2) is 54.6 Å². The Kier molecular flexibility index (Phi) is 9.19. The van der Waals surface area contributed by atoms with E-state index in [0.717, 1.165) is 19.4 Å². The molecule has 0 aliphatic heterocycles. The average molecular weight is 513 g/mol. The van der Waals surface area contributed by atoms with E-state index in [1.165, 1.54) is 5.56 Å². The number of ether oxygens (including phenoxy) is 1. The molecule has 0 heterocycles. The number of fused-ring (bicyclic) bond motifs is 2. The van der Waals surface area contributed by atoms with Gasteiger partial charge in [0.2, 0.25) is 0 Å². The molecule has 36 heavy (non-hydrogen) atoms. The zero-order chi connectivity index (χ0) is 26.8. The van der Waals surface area contributed by atoms with E-state index in [4.69, 9.17) is 9.16 Å². The van der Waals surface area contributed by atoms with Gasteiger partial charge in [-0.3, -0.25) is 0 Å². The number of hydrogen-bond acceptors (Lipinski definition) is 3. The first-order chi connectivity index (χ1) is 16.7. The van der Waals surface area contributed by atoms with Gasteiger partial charge in [-0.05, 0) is 66.1 Å². The Morgan fingerprint density at radius 1 is 1.08 bits per heavy atom. The monoisotopic (exact) mass is 512 g/mol. The van der Waals surface area contributed by atoms with Crippen molar-refractivity contribution in [2.24, 2.45) is 35.0 Å². The first-order valence-electron chi connectivity index (χ1n) is 14.0. The predicted octanol–water partition coefficient (Wildman–Crippen LogP) is 8.02. The average Bonchev–Trinajstić information content (AvgIpc) is 2.79. The summed E-state index contributed by atoms with van der Waals surface area (Å²) < 4.78 is 12.7. The second-order valence-electron chi connectivity index (χ2n) is 13.8. The largest absolute Gasteiger partial charge is 0.417 e. The molecule has 1 aromatic carbocycles. The molecule has 6 atom stereocenters. The van der Waals surface area contributed by atoms with Gasteiger partial charge in [-0.1, -0.05) is 103 Å². The molecule has 1 saturated carbocycles. The Balaban J connectivity index is 1.63. The molecule has 0 amide bonds. The number of hydrogen-bond donors (Lipinski definition) is 1. The lowest BCUT2D eigenvalue weighted by atomic mass is 9.51. The highest BCUT2D eigenvalue weighted by Gasteiger charge is 2.55. The molecule has 0 aromatic heterocycles. The van der Waals surface area contributed by atoms with Crippen molar-refractivity contribution in [3.63, 3.8) is 0 Å². The van der Waals surface area contributed by atoms with Crippen LogP contribution in [0, 0.1) is 35.0 Å². The first-order valence-corrected chi connectivity index (χ1v) is 16.9. The van der Waals surface area contributed by atoms with Crippen molar-refractivity contribution in [3.8, 4) is 0 Å². The lowest BCUT2D eigenvalue weighted by molar-refractivity contribution is -0.0996. The van der Waals surface area contributed by atoms with E-state index in [2.05, 4.69) is 98.0 Å². The van der Waals surface area contributed by atoms with E-state index in [1.54, 1.807) is 0 Å². The van der Waals surface area contributed by atoms with Crippen molar-refractivity contribution in [2.75, 3.05) is 13.2 Å². The van der Waals surface area contributed by atoms with Crippen molar-refractivity contribution >= 4 is 8.32 Å². The SMILES string of the molecule is CC(C)[C@@H](CO[Si](C)(C)C(C)(C)C)C1CC2(C)C=CC1CC2(O)/C=C/[C@H](C)COCc1ccccc1. The molecule has 0 spiro atoms.